The van der Waals surface area contributed by atoms with E-state index in [2.05, 4.69) is 53.6 Å². The van der Waals surface area contributed by atoms with Gasteiger partial charge in [0.25, 0.3) is 0 Å². The smallest absolute Gasteiger partial charge is 0.184 e. The topological polar surface area (TPSA) is 24.9 Å². The zero-order chi connectivity index (χ0) is 9.97. The summed E-state index contributed by atoms with van der Waals surface area (Å²) in [6.45, 7) is 0.821. The molecule has 6 heteroatoms. The number of rotatable bonds is 3. The summed E-state index contributed by atoms with van der Waals surface area (Å²) in [5.74, 6) is 0. The van der Waals surface area contributed by atoms with Crippen LogP contribution in [0, 0.1) is 0 Å². The predicted octanol–water partition coefficient (Wildman–Crippen LogP) is 4.34. The summed E-state index contributed by atoms with van der Waals surface area (Å²) in [6, 6.07) is 2.11. The Hall–Kier alpha value is 0.0900. The average molecular weight is 354 g/mol. The third-order valence-electron chi connectivity index (χ3n) is 1.54. The van der Waals surface area contributed by atoms with E-state index < -0.39 is 0 Å². The van der Waals surface area contributed by atoms with Gasteiger partial charge in [0.1, 0.15) is 4.60 Å². The molecule has 0 unspecified atom stereocenters. The Bertz CT molecular complexity index is 384. The first kappa shape index (κ1) is 10.6. The minimum Gasteiger partial charge on any atom is -0.357 e. The molecule has 1 N–H and O–H groups in total. The van der Waals surface area contributed by atoms with Crippen molar-refractivity contribution in [2.24, 2.45) is 0 Å². The summed E-state index contributed by atoms with van der Waals surface area (Å²) < 4.78 is 2.05. The molecule has 14 heavy (non-hydrogen) atoms. The van der Waals surface area contributed by atoms with E-state index in [1.54, 1.807) is 22.7 Å². The van der Waals surface area contributed by atoms with Crippen LogP contribution >= 0.6 is 54.5 Å². The minimum atomic E-state index is 0.821. The number of nitrogens with one attached hydrogen (secondary N) is 1. The van der Waals surface area contributed by atoms with E-state index in [1.807, 2.05) is 5.38 Å². The molecule has 0 spiro atoms. The van der Waals surface area contributed by atoms with Crippen molar-refractivity contribution in [1.82, 2.24) is 4.98 Å². The van der Waals surface area contributed by atoms with E-state index in [0.29, 0.717) is 0 Å². The van der Waals surface area contributed by atoms with Crippen molar-refractivity contribution in [3.05, 3.63) is 30.8 Å². The van der Waals surface area contributed by atoms with E-state index >= 15 is 0 Å². The van der Waals surface area contributed by atoms with Crippen LogP contribution in [0.5, 0.6) is 0 Å². The van der Waals surface area contributed by atoms with Gasteiger partial charge in [0, 0.05) is 11.9 Å². The number of nitrogens with zero attached hydrogens (tertiary/aromatic N) is 1. The van der Waals surface area contributed by atoms with Gasteiger partial charge >= 0.3 is 0 Å². The van der Waals surface area contributed by atoms with Crippen LogP contribution in [-0.2, 0) is 6.54 Å². The van der Waals surface area contributed by atoms with Gasteiger partial charge in [0.2, 0.25) is 0 Å². The largest absolute Gasteiger partial charge is 0.357 e. The Morgan fingerprint density at radius 1 is 1.29 bits per heavy atom. The van der Waals surface area contributed by atoms with E-state index in [0.717, 1.165) is 20.1 Å². The van der Waals surface area contributed by atoms with Gasteiger partial charge in [-0.25, -0.2) is 4.98 Å². The van der Waals surface area contributed by atoms with Crippen LogP contribution in [0.4, 0.5) is 5.13 Å². The monoisotopic (exact) mass is 352 g/mol. The second-order valence-electron chi connectivity index (χ2n) is 2.59. The molecule has 0 aliphatic carbocycles. The number of aromatic nitrogens is 1. The molecule has 0 fully saturated rings. The summed E-state index contributed by atoms with van der Waals surface area (Å²) in [6.07, 6.45) is 0. The van der Waals surface area contributed by atoms with Crippen molar-refractivity contribution >= 4 is 59.7 Å². The lowest BCUT2D eigenvalue weighted by molar-refractivity contribution is 1.14. The number of thiophene rings is 1. The highest BCUT2D eigenvalue weighted by atomic mass is 79.9. The molecule has 2 aromatic rings. The van der Waals surface area contributed by atoms with Gasteiger partial charge in [-0.2, -0.15) is 0 Å². The number of hydrogen-bond donors (Lipinski definition) is 1. The van der Waals surface area contributed by atoms with Crippen molar-refractivity contribution in [1.29, 1.82) is 0 Å². The van der Waals surface area contributed by atoms with Gasteiger partial charge < -0.3 is 5.32 Å². The summed E-state index contributed by atoms with van der Waals surface area (Å²) in [5.41, 5.74) is 1.27. The maximum absolute atomic E-state index is 4.25. The number of thiazole rings is 1. The van der Waals surface area contributed by atoms with Crippen LogP contribution in [0.15, 0.2) is 25.2 Å². The first-order chi connectivity index (χ1) is 6.74. The van der Waals surface area contributed by atoms with Crippen molar-refractivity contribution in [3.63, 3.8) is 0 Å². The number of hydrogen-bond acceptors (Lipinski definition) is 4. The Morgan fingerprint density at radius 3 is 2.71 bits per heavy atom. The highest BCUT2D eigenvalue weighted by Crippen LogP contribution is 2.23. The Balaban J connectivity index is 1.94. The molecule has 2 rings (SSSR count). The zero-order valence-electron chi connectivity index (χ0n) is 6.96. The van der Waals surface area contributed by atoms with E-state index in [9.17, 15) is 0 Å². The van der Waals surface area contributed by atoms with Gasteiger partial charge in [-0.05, 0) is 48.9 Å². The fraction of sp³-hybridized carbons (Fsp3) is 0.125. The van der Waals surface area contributed by atoms with Gasteiger partial charge in [0.05, 0.1) is 3.79 Å². The number of anilines is 1. The van der Waals surface area contributed by atoms with Gasteiger partial charge in [-0.1, -0.05) is 0 Å². The Labute approximate surface area is 107 Å². The fourth-order valence-corrected chi connectivity index (χ4v) is 3.30. The molecule has 2 aromatic heterocycles. The van der Waals surface area contributed by atoms with Gasteiger partial charge in [-0.3, -0.25) is 0 Å². The zero-order valence-corrected chi connectivity index (χ0v) is 11.8. The molecule has 0 radical (unpaired) electrons. The van der Waals surface area contributed by atoms with Crippen molar-refractivity contribution in [3.8, 4) is 0 Å². The standard InChI is InChI=1S/C8H6Br2N2S2/c9-6-4-14-8(12-6)11-2-5-1-7(10)13-3-5/h1,3-4H,2H2,(H,11,12). The van der Waals surface area contributed by atoms with Crippen molar-refractivity contribution in [2.45, 2.75) is 6.54 Å². The molecule has 0 aromatic carbocycles. The molecular weight excluding hydrogens is 348 g/mol. The predicted molar refractivity (Wildman–Crippen MR) is 69.2 cm³/mol. The van der Waals surface area contributed by atoms with E-state index in [-0.39, 0.29) is 0 Å². The Morgan fingerprint density at radius 2 is 2.14 bits per heavy atom. The molecule has 0 amide bonds. The van der Waals surface area contributed by atoms with Crippen LogP contribution in [0.2, 0.25) is 0 Å². The summed E-state index contributed by atoms with van der Waals surface area (Å²) in [5, 5.41) is 8.29. The molecule has 0 aliphatic rings. The molecule has 0 saturated heterocycles. The molecule has 0 aliphatic heterocycles. The van der Waals surface area contributed by atoms with Gasteiger partial charge in [-0.15, -0.1) is 22.7 Å². The third-order valence-corrected chi connectivity index (χ3v) is 4.60. The second-order valence-corrected chi connectivity index (χ2v) is 6.55. The quantitative estimate of drug-likeness (QED) is 0.887. The average Bonchev–Trinajstić information content (AvgIpc) is 2.72. The van der Waals surface area contributed by atoms with Crippen LogP contribution in [0.1, 0.15) is 5.56 Å². The lowest BCUT2D eigenvalue weighted by atomic mass is 10.3. The SMILES string of the molecule is Brc1csc(NCc2csc(Br)c2)n1. The highest BCUT2D eigenvalue weighted by molar-refractivity contribution is 9.11. The normalized spacial score (nSPS) is 10.4. The summed E-state index contributed by atoms with van der Waals surface area (Å²) >= 11 is 10.0. The molecular formula is C8H6Br2N2S2. The highest BCUT2D eigenvalue weighted by Gasteiger charge is 2.00. The van der Waals surface area contributed by atoms with Crippen LogP contribution in [0.3, 0.4) is 0 Å². The third kappa shape index (κ3) is 2.79. The molecule has 0 bridgehead atoms. The van der Waals surface area contributed by atoms with E-state index in [4.69, 9.17) is 0 Å². The van der Waals surface area contributed by atoms with Gasteiger partial charge in [0.15, 0.2) is 5.13 Å². The van der Waals surface area contributed by atoms with Crippen molar-refractivity contribution < 1.29 is 0 Å². The molecule has 2 nitrogen and oxygen atoms in total. The van der Waals surface area contributed by atoms with Crippen LogP contribution in [0.25, 0.3) is 0 Å². The number of halogens is 2. The molecule has 74 valence electrons. The van der Waals surface area contributed by atoms with E-state index in [1.165, 1.54) is 5.56 Å². The maximum Gasteiger partial charge on any atom is 0.184 e. The molecule has 0 atom stereocenters. The molecule has 2 heterocycles. The molecule has 0 saturated carbocycles. The van der Waals surface area contributed by atoms with Crippen LogP contribution < -0.4 is 5.32 Å². The summed E-state index contributed by atoms with van der Waals surface area (Å²) in [4.78, 5) is 4.25. The lowest BCUT2D eigenvalue weighted by Gasteiger charge is -1.98. The van der Waals surface area contributed by atoms with Crippen LogP contribution in [-0.4, -0.2) is 4.98 Å². The lowest BCUT2D eigenvalue weighted by Crippen LogP contribution is -1.96. The van der Waals surface area contributed by atoms with Crippen molar-refractivity contribution in [2.75, 3.05) is 5.32 Å². The Kier molecular flexibility index (Phi) is 3.59. The fourth-order valence-electron chi connectivity index (χ4n) is 0.952. The summed E-state index contributed by atoms with van der Waals surface area (Å²) in [7, 11) is 0. The first-order valence-electron chi connectivity index (χ1n) is 3.82. The maximum atomic E-state index is 4.25. The minimum absolute atomic E-state index is 0.821. The first-order valence-corrected chi connectivity index (χ1v) is 7.16. The second kappa shape index (κ2) is 4.74.